The van der Waals surface area contributed by atoms with E-state index in [1.165, 1.54) is 11.4 Å². The lowest BCUT2D eigenvalue weighted by molar-refractivity contribution is 0.134. The van der Waals surface area contributed by atoms with Crippen molar-refractivity contribution >= 4 is 16.1 Å². The van der Waals surface area contributed by atoms with E-state index in [4.69, 9.17) is 9.47 Å². The quantitative estimate of drug-likeness (QED) is 0.826. The van der Waals surface area contributed by atoms with Gasteiger partial charge < -0.3 is 14.4 Å². The first-order valence-electron chi connectivity index (χ1n) is 7.60. The van der Waals surface area contributed by atoms with Crippen LogP contribution in [0.1, 0.15) is 12.8 Å². The van der Waals surface area contributed by atoms with Gasteiger partial charge in [0.2, 0.25) is 10.0 Å². The van der Waals surface area contributed by atoms with E-state index in [-0.39, 0.29) is 17.0 Å². The Morgan fingerprint density at radius 2 is 1.78 bits per heavy atom. The summed E-state index contributed by atoms with van der Waals surface area (Å²) in [6, 6.07) is 6.45. The first kappa shape index (κ1) is 16.1. The Bertz CT molecular complexity index is 666. The van der Waals surface area contributed by atoms with Crippen molar-refractivity contribution in [3.05, 3.63) is 24.3 Å². The van der Waals surface area contributed by atoms with E-state index in [2.05, 4.69) is 0 Å². The van der Waals surface area contributed by atoms with Crippen LogP contribution in [0.4, 0.5) is 4.79 Å². The molecule has 7 nitrogen and oxygen atoms in total. The molecule has 1 amide bonds. The molecule has 0 radical (unpaired) electrons. The number of hydrogen-bond donors (Lipinski definition) is 0. The second-order valence-electron chi connectivity index (χ2n) is 5.62. The highest BCUT2D eigenvalue weighted by atomic mass is 32.2. The molecule has 0 unspecified atom stereocenters. The molecule has 2 heterocycles. The van der Waals surface area contributed by atoms with Crippen molar-refractivity contribution in [3.63, 3.8) is 0 Å². The third kappa shape index (κ3) is 3.13. The van der Waals surface area contributed by atoms with Gasteiger partial charge in [0.05, 0.1) is 18.6 Å². The van der Waals surface area contributed by atoms with Gasteiger partial charge in [-0.3, -0.25) is 0 Å². The van der Waals surface area contributed by atoms with Crippen LogP contribution in [0, 0.1) is 0 Å². The fourth-order valence-corrected chi connectivity index (χ4v) is 4.50. The monoisotopic (exact) mass is 340 g/mol. The first-order valence-corrected chi connectivity index (χ1v) is 9.04. The maximum Gasteiger partial charge on any atom is 0.410 e. The van der Waals surface area contributed by atoms with Crippen LogP contribution in [0.2, 0.25) is 0 Å². The van der Waals surface area contributed by atoms with Crippen LogP contribution in [0.3, 0.4) is 0 Å². The summed E-state index contributed by atoms with van der Waals surface area (Å²) in [7, 11) is -1.97. The molecule has 1 aromatic carbocycles. The van der Waals surface area contributed by atoms with Gasteiger partial charge >= 0.3 is 6.09 Å². The molecule has 2 fully saturated rings. The summed E-state index contributed by atoms with van der Waals surface area (Å²) in [6.07, 6.45) is 0.969. The van der Waals surface area contributed by atoms with E-state index in [1.54, 1.807) is 29.2 Å². The van der Waals surface area contributed by atoms with Crippen LogP contribution < -0.4 is 4.74 Å². The summed E-state index contributed by atoms with van der Waals surface area (Å²) < 4.78 is 36.8. The van der Waals surface area contributed by atoms with Crippen LogP contribution >= 0.6 is 0 Å². The Morgan fingerprint density at radius 1 is 1.13 bits per heavy atom. The number of rotatable bonds is 4. The van der Waals surface area contributed by atoms with Crippen molar-refractivity contribution in [1.82, 2.24) is 9.21 Å². The lowest BCUT2D eigenvalue weighted by Crippen LogP contribution is -2.47. The van der Waals surface area contributed by atoms with Gasteiger partial charge in [-0.2, -0.15) is 4.31 Å². The fraction of sp³-hybridized carbons (Fsp3) is 0.533. The van der Waals surface area contributed by atoms with E-state index in [0.717, 1.165) is 0 Å². The summed E-state index contributed by atoms with van der Waals surface area (Å²) in [5.74, 6) is 0.621. The number of piperidine rings is 1. The zero-order valence-corrected chi connectivity index (χ0v) is 13.8. The number of nitrogens with zero attached hydrogens (tertiary/aromatic N) is 2. The van der Waals surface area contributed by atoms with E-state index in [1.807, 2.05) is 0 Å². The molecule has 0 aromatic heterocycles. The lowest BCUT2D eigenvalue weighted by Gasteiger charge is -2.34. The average molecular weight is 340 g/mol. The van der Waals surface area contributed by atoms with Crippen LogP contribution in [0.5, 0.6) is 5.75 Å². The molecule has 2 saturated heterocycles. The normalized spacial score (nSPS) is 20.6. The van der Waals surface area contributed by atoms with E-state index in [9.17, 15) is 13.2 Å². The van der Waals surface area contributed by atoms with Crippen LogP contribution in [-0.2, 0) is 14.8 Å². The second-order valence-corrected chi connectivity index (χ2v) is 7.56. The number of amides is 1. The molecule has 23 heavy (non-hydrogen) atoms. The van der Waals surface area contributed by atoms with Crippen LogP contribution in [0.15, 0.2) is 29.2 Å². The van der Waals surface area contributed by atoms with Gasteiger partial charge in [-0.05, 0) is 37.1 Å². The van der Waals surface area contributed by atoms with Gasteiger partial charge in [0.1, 0.15) is 12.4 Å². The first-order chi connectivity index (χ1) is 11.0. The molecule has 0 spiro atoms. The Balaban J connectivity index is 1.67. The standard InChI is InChI=1S/C15H20N2O5S/c1-21-13-2-4-14(5-3-13)23(19,20)16-8-6-12(7-9-16)17-10-11-22-15(17)18/h2-5,12H,6-11H2,1H3. The zero-order valence-electron chi connectivity index (χ0n) is 13.0. The van der Waals surface area contributed by atoms with Crippen LogP contribution in [0.25, 0.3) is 0 Å². The van der Waals surface area contributed by atoms with Crippen LogP contribution in [-0.4, -0.2) is 63.1 Å². The minimum Gasteiger partial charge on any atom is -0.497 e. The average Bonchev–Trinajstić information content (AvgIpc) is 3.01. The molecule has 126 valence electrons. The smallest absolute Gasteiger partial charge is 0.410 e. The second kappa shape index (κ2) is 6.37. The maximum absolute atomic E-state index is 12.7. The Labute approximate surface area is 135 Å². The third-order valence-electron chi connectivity index (χ3n) is 4.35. The van der Waals surface area contributed by atoms with Crippen molar-refractivity contribution in [1.29, 1.82) is 0 Å². The topological polar surface area (TPSA) is 76.2 Å². The number of carbonyl (C=O) groups is 1. The van der Waals surface area contributed by atoms with Gasteiger partial charge in [0.15, 0.2) is 0 Å². The van der Waals surface area contributed by atoms with E-state index in [0.29, 0.717) is 44.8 Å². The fourth-order valence-electron chi connectivity index (χ4n) is 3.03. The summed E-state index contributed by atoms with van der Waals surface area (Å²) in [4.78, 5) is 13.6. The molecule has 3 rings (SSSR count). The molecule has 0 saturated carbocycles. The van der Waals surface area contributed by atoms with Gasteiger partial charge in [0, 0.05) is 19.1 Å². The molecule has 0 aliphatic carbocycles. The summed E-state index contributed by atoms with van der Waals surface area (Å²) in [5.41, 5.74) is 0. The number of ether oxygens (including phenoxy) is 2. The van der Waals surface area contributed by atoms with Gasteiger partial charge in [0.25, 0.3) is 0 Å². The molecule has 8 heteroatoms. The molecule has 0 N–H and O–H groups in total. The summed E-state index contributed by atoms with van der Waals surface area (Å²) >= 11 is 0. The molecule has 2 aliphatic rings. The Hall–Kier alpha value is -1.80. The van der Waals surface area contributed by atoms with Gasteiger partial charge in [-0.1, -0.05) is 0 Å². The summed E-state index contributed by atoms with van der Waals surface area (Å²) in [6.45, 7) is 1.82. The van der Waals surface area contributed by atoms with Crippen molar-refractivity contribution < 1.29 is 22.7 Å². The number of sulfonamides is 1. The summed E-state index contributed by atoms with van der Waals surface area (Å²) in [5, 5.41) is 0. The largest absolute Gasteiger partial charge is 0.497 e. The lowest BCUT2D eigenvalue weighted by atomic mass is 10.1. The predicted molar refractivity (Wildman–Crippen MR) is 82.8 cm³/mol. The molecule has 1 aromatic rings. The SMILES string of the molecule is COc1ccc(S(=O)(=O)N2CCC(N3CCOC3=O)CC2)cc1. The third-order valence-corrected chi connectivity index (χ3v) is 6.27. The number of benzene rings is 1. The predicted octanol–water partition coefficient (Wildman–Crippen LogP) is 1.30. The Morgan fingerprint density at radius 3 is 2.30 bits per heavy atom. The number of cyclic esters (lactones) is 1. The van der Waals surface area contributed by atoms with Crippen molar-refractivity contribution in [2.75, 3.05) is 33.4 Å². The number of hydrogen-bond acceptors (Lipinski definition) is 5. The minimum absolute atomic E-state index is 0.0623. The van der Waals surface area contributed by atoms with Gasteiger partial charge in [-0.15, -0.1) is 0 Å². The molecule has 2 aliphatic heterocycles. The van der Waals surface area contributed by atoms with E-state index < -0.39 is 10.0 Å². The molecule has 0 atom stereocenters. The Kier molecular flexibility index (Phi) is 4.45. The van der Waals surface area contributed by atoms with Crippen molar-refractivity contribution in [3.8, 4) is 5.75 Å². The highest BCUT2D eigenvalue weighted by Gasteiger charge is 2.35. The molecular formula is C15H20N2O5S. The molecular weight excluding hydrogens is 320 g/mol. The van der Waals surface area contributed by atoms with Gasteiger partial charge in [-0.25, -0.2) is 13.2 Å². The van der Waals surface area contributed by atoms with Crippen molar-refractivity contribution in [2.24, 2.45) is 0 Å². The van der Waals surface area contributed by atoms with Crippen molar-refractivity contribution in [2.45, 2.75) is 23.8 Å². The van der Waals surface area contributed by atoms with E-state index >= 15 is 0 Å². The number of methoxy groups -OCH3 is 1. The molecule has 0 bridgehead atoms. The highest BCUT2D eigenvalue weighted by Crippen LogP contribution is 2.25. The minimum atomic E-state index is -3.50. The highest BCUT2D eigenvalue weighted by molar-refractivity contribution is 7.89. The zero-order chi connectivity index (χ0) is 16.4. The number of carbonyl (C=O) groups excluding carboxylic acids is 1. The maximum atomic E-state index is 12.7.